The largest absolute Gasteiger partial charge is 0.333 e. The van der Waals surface area contributed by atoms with Gasteiger partial charge in [0.05, 0.1) is 28.2 Å². The molecule has 0 aliphatic carbocycles. The van der Waals surface area contributed by atoms with Gasteiger partial charge in [-0.25, -0.2) is 9.97 Å². The third-order valence-corrected chi connectivity index (χ3v) is 5.89. The Morgan fingerprint density at radius 1 is 0.862 bits per heavy atom. The van der Waals surface area contributed by atoms with Gasteiger partial charge < -0.3 is 4.98 Å². The zero-order valence-electron chi connectivity index (χ0n) is 16.0. The molecule has 1 atom stereocenters. The van der Waals surface area contributed by atoms with Crippen molar-refractivity contribution in [2.75, 3.05) is 0 Å². The van der Waals surface area contributed by atoms with Gasteiger partial charge in [-0.1, -0.05) is 72.4 Å². The molecular formula is C24H20N4S. The summed E-state index contributed by atoms with van der Waals surface area (Å²) in [6.07, 6.45) is 1.89. The molecule has 0 spiro atoms. The first-order valence-corrected chi connectivity index (χ1v) is 10.5. The van der Waals surface area contributed by atoms with Crippen LogP contribution < -0.4 is 0 Å². The van der Waals surface area contributed by atoms with Crippen molar-refractivity contribution < 1.29 is 0 Å². The number of hydrogen-bond acceptors (Lipinski definition) is 3. The maximum atomic E-state index is 4.95. The average molecular weight is 397 g/mol. The Labute approximate surface area is 173 Å². The minimum absolute atomic E-state index is 0.123. The van der Waals surface area contributed by atoms with E-state index in [1.165, 1.54) is 0 Å². The Kier molecular flexibility index (Phi) is 4.66. The number of thioether (sulfide) groups is 1. The van der Waals surface area contributed by atoms with Gasteiger partial charge in [0.2, 0.25) is 0 Å². The van der Waals surface area contributed by atoms with Crippen molar-refractivity contribution in [1.82, 2.24) is 19.5 Å². The van der Waals surface area contributed by atoms with Gasteiger partial charge >= 0.3 is 0 Å². The molecule has 142 valence electrons. The Morgan fingerprint density at radius 2 is 1.55 bits per heavy atom. The second kappa shape index (κ2) is 7.60. The van der Waals surface area contributed by atoms with Crippen LogP contribution in [0.3, 0.4) is 0 Å². The van der Waals surface area contributed by atoms with E-state index in [0.717, 1.165) is 39.0 Å². The summed E-state index contributed by atoms with van der Waals surface area (Å²) in [6.45, 7) is 2.18. The molecule has 0 amide bonds. The molecule has 0 aliphatic heterocycles. The lowest BCUT2D eigenvalue weighted by atomic mass is 10.2. The van der Waals surface area contributed by atoms with Crippen molar-refractivity contribution in [3.8, 4) is 16.9 Å². The molecule has 1 unspecified atom stereocenters. The van der Waals surface area contributed by atoms with Crippen molar-refractivity contribution in [2.45, 2.75) is 17.3 Å². The maximum absolute atomic E-state index is 4.95. The first-order valence-electron chi connectivity index (χ1n) is 9.59. The number of nitrogens with one attached hydrogen (secondary N) is 1. The Balaban J connectivity index is 1.51. The summed E-state index contributed by atoms with van der Waals surface area (Å²) in [5, 5.41) is 1.01. The number of hydrogen-bond donors (Lipinski definition) is 1. The number of rotatable bonds is 5. The van der Waals surface area contributed by atoms with Crippen LogP contribution >= 0.6 is 11.8 Å². The second-order valence-corrected chi connectivity index (χ2v) is 8.19. The number of H-pyrrole nitrogens is 1. The second-order valence-electron chi connectivity index (χ2n) is 6.86. The molecule has 0 radical (unpaired) electrons. The number of para-hydroxylation sites is 3. The van der Waals surface area contributed by atoms with E-state index in [1.807, 2.05) is 36.5 Å². The highest BCUT2D eigenvalue weighted by molar-refractivity contribution is 7.99. The van der Waals surface area contributed by atoms with Gasteiger partial charge in [-0.3, -0.25) is 4.57 Å². The third-order valence-electron chi connectivity index (χ3n) is 4.89. The molecule has 0 saturated heterocycles. The normalized spacial score (nSPS) is 12.3. The summed E-state index contributed by atoms with van der Waals surface area (Å²) >= 11 is 1.69. The Morgan fingerprint density at radius 3 is 2.34 bits per heavy atom. The van der Waals surface area contributed by atoms with E-state index in [2.05, 4.69) is 76.1 Å². The number of benzene rings is 3. The van der Waals surface area contributed by atoms with E-state index >= 15 is 0 Å². The third kappa shape index (κ3) is 3.45. The molecule has 2 heterocycles. The highest BCUT2D eigenvalue weighted by Crippen LogP contribution is 2.36. The van der Waals surface area contributed by atoms with Crippen LogP contribution in [0.15, 0.2) is 96.3 Å². The molecule has 5 rings (SSSR count). The smallest absolute Gasteiger partial charge is 0.166 e. The molecule has 3 aromatic carbocycles. The van der Waals surface area contributed by atoms with E-state index in [-0.39, 0.29) is 5.25 Å². The van der Waals surface area contributed by atoms with Crippen molar-refractivity contribution in [3.63, 3.8) is 0 Å². The topological polar surface area (TPSA) is 46.5 Å². The van der Waals surface area contributed by atoms with Crippen molar-refractivity contribution in [2.24, 2.45) is 0 Å². The number of imidazole rings is 2. The van der Waals surface area contributed by atoms with Crippen LogP contribution in [-0.2, 0) is 0 Å². The number of nitrogens with zero attached hydrogens (tertiary/aromatic N) is 3. The van der Waals surface area contributed by atoms with Gasteiger partial charge in [0.25, 0.3) is 0 Å². The summed E-state index contributed by atoms with van der Waals surface area (Å²) in [4.78, 5) is 13.0. The summed E-state index contributed by atoms with van der Waals surface area (Å²) in [5.74, 6) is 1.01. The number of aromatic amines is 1. The monoisotopic (exact) mass is 396 g/mol. The van der Waals surface area contributed by atoms with E-state index in [0.29, 0.717) is 0 Å². The fourth-order valence-electron chi connectivity index (χ4n) is 3.51. The fraction of sp³-hybridized carbons (Fsp3) is 0.0833. The molecule has 29 heavy (non-hydrogen) atoms. The SMILES string of the molecule is CC(Sc1ncc(-c2ccccc2)[nH]1)c1nc2ccccc2n1-c1ccccc1. The van der Waals surface area contributed by atoms with Crippen LogP contribution in [0.2, 0.25) is 0 Å². The van der Waals surface area contributed by atoms with Crippen molar-refractivity contribution in [3.05, 3.63) is 97.0 Å². The summed E-state index contributed by atoms with van der Waals surface area (Å²) < 4.78 is 2.24. The first-order chi connectivity index (χ1) is 14.3. The van der Waals surface area contributed by atoms with Gasteiger partial charge in [-0.15, -0.1) is 0 Å². The van der Waals surface area contributed by atoms with E-state index < -0.39 is 0 Å². The van der Waals surface area contributed by atoms with Crippen LogP contribution in [0.5, 0.6) is 0 Å². The first kappa shape index (κ1) is 17.8. The highest BCUT2D eigenvalue weighted by atomic mass is 32.2. The van der Waals surface area contributed by atoms with Gasteiger partial charge in [-0.05, 0) is 36.8 Å². The summed E-state index contributed by atoms with van der Waals surface area (Å²) in [5.41, 5.74) is 5.40. The zero-order valence-corrected chi connectivity index (χ0v) is 16.8. The maximum Gasteiger partial charge on any atom is 0.166 e. The van der Waals surface area contributed by atoms with Gasteiger partial charge in [-0.2, -0.15) is 0 Å². The molecule has 5 aromatic rings. The lowest BCUT2D eigenvalue weighted by Crippen LogP contribution is -2.03. The minimum atomic E-state index is 0.123. The summed E-state index contributed by atoms with van der Waals surface area (Å²) in [6, 6.07) is 28.9. The van der Waals surface area contributed by atoms with Gasteiger partial charge in [0.15, 0.2) is 5.16 Å². The molecule has 2 aromatic heterocycles. The van der Waals surface area contributed by atoms with Crippen molar-refractivity contribution >= 4 is 22.8 Å². The summed E-state index contributed by atoms with van der Waals surface area (Å²) in [7, 11) is 0. The molecule has 1 N–H and O–H groups in total. The minimum Gasteiger partial charge on any atom is -0.333 e. The van der Waals surface area contributed by atoms with Crippen LogP contribution in [-0.4, -0.2) is 19.5 Å². The number of aromatic nitrogens is 4. The molecule has 0 aliphatic rings. The van der Waals surface area contributed by atoms with E-state index in [4.69, 9.17) is 4.98 Å². The molecule has 4 nitrogen and oxygen atoms in total. The van der Waals surface area contributed by atoms with Crippen LogP contribution in [0.4, 0.5) is 0 Å². The standard InChI is InChI=1S/C24H20N4S/c1-17(29-24-25-16-21(27-24)18-10-4-2-5-11-18)23-26-20-14-8-9-15-22(20)28(23)19-12-6-3-7-13-19/h2-17H,1H3,(H,25,27). The van der Waals surface area contributed by atoms with E-state index in [9.17, 15) is 0 Å². The lowest BCUT2D eigenvalue weighted by Gasteiger charge is -2.13. The van der Waals surface area contributed by atoms with E-state index in [1.54, 1.807) is 11.8 Å². The quantitative estimate of drug-likeness (QED) is 0.356. The highest BCUT2D eigenvalue weighted by Gasteiger charge is 2.20. The Bertz CT molecular complexity index is 1240. The predicted molar refractivity (Wildman–Crippen MR) is 119 cm³/mol. The van der Waals surface area contributed by atoms with Crippen LogP contribution in [0, 0.1) is 0 Å². The average Bonchev–Trinajstić information content (AvgIpc) is 3.40. The lowest BCUT2D eigenvalue weighted by molar-refractivity contribution is 0.883. The van der Waals surface area contributed by atoms with Crippen LogP contribution in [0.1, 0.15) is 18.0 Å². The molecule has 0 saturated carbocycles. The van der Waals surface area contributed by atoms with Gasteiger partial charge in [0, 0.05) is 5.69 Å². The Hall–Kier alpha value is -3.31. The molecule has 0 fully saturated rings. The fourth-order valence-corrected chi connectivity index (χ4v) is 4.39. The molecule has 5 heteroatoms. The molecular weight excluding hydrogens is 376 g/mol. The van der Waals surface area contributed by atoms with Gasteiger partial charge in [0.1, 0.15) is 5.82 Å². The number of fused-ring (bicyclic) bond motifs is 1. The van der Waals surface area contributed by atoms with Crippen molar-refractivity contribution in [1.29, 1.82) is 0 Å². The van der Waals surface area contributed by atoms with Crippen LogP contribution in [0.25, 0.3) is 28.0 Å². The predicted octanol–water partition coefficient (Wildman–Crippen LogP) is 6.27. The zero-order chi connectivity index (χ0) is 19.6. The molecule has 0 bridgehead atoms.